The molecule has 1 atom stereocenters. The Hall–Kier alpha value is -1.55. The van der Waals surface area contributed by atoms with Gasteiger partial charge >= 0.3 is 5.97 Å². The van der Waals surface area contributed by atoms with Gasteiger partial charge < -0.3 is 10.4 Å². The second kappa shape index (κ2) is 8.06. The van der Waals surface area contributed by atoms with E-state index in [9.17, 15) is 14.7 Å². The van der Waals surface area contributed by atoms with Gasteiger partial charge in [-0.2, -0.15) is 0 Å². The number of carbonyl (C=O) groups is 2. The molecule has 0 spiro atoms. The number of amides is 1. The average Bonchev–Trinajstić information content (AvgIpc) is 2.61. The quantitative estimate of drug-likeness (QED) is 0.661. The summed E-state index contributed by atoms with van der Waals surface area (Å²) in [6.07, 6.45) is 9.71. The molecule has 4 aliphatic rings. The van der Waals surface area contributed by atoms with Crippen molar-refractivity contribution < 1.29 is 14.7 Å². The Morgan fingerprint density at radius 1 is 1.07 bits per heavy atom. The number of carboxylic acids is 1. The highest BCUT2D eigenvalue weighted by molar-refractivity contribution is 6.30. The third-order valence-corrected chi connectivity index (χ3v) is 7.57. The molecule has 5 rings (SSSR count). The number of halogens is 1. The molecular weight excluding hydrogens is 374 g/mol. The Kier molecular flexibility index (Phi) is 5.69. The zero-order valence-corrected chi connectivity index (χ0v) is 17.1. The monoisotopic (exact) mass is 403 g/mol. The molecule has 4 bridgehead atoms. The van der Waals surface area contributed by atoms with Gasteiger partial charge in [0.05, 0.1) is 5.92 Å². The third kappa shape index (κ3) is 4.53. The fourth-order valence-corrected chi connectivity index (χ4v) is 6.64. The first-order valence-corrected chi connectivity index (χ1v) is 11.0. The minimum atomic E-state index is -0.925. The van der Waals surface area contributed by atoms with Gasteiger partial charge in [-0.05, 0) is 92.2 Å². The van der Waals surface area contributed by atoms with E-state index < -0.39 is 11.9 Å². The van der Waals surface area contributed by atoms with Crippen LogP contribution in [0.5, 0.6) is 0 Å². The van der Waals surface area contributed by atoms with Crippen LogP contribution in [0.4, 0.5) is 0 Å². The Balaban J connectivity index is 1.26. The van der Waals surface area contributed by atoms with E-state index in [1.54, 1.807) is 12.1 Å². The molecule has 4 nitrogen and oxygen atoms in total. The number of hydrogen-bond donors (Lipinski definition) is 2. The normalized spacial score (nSPS) is 31.5. The molecule has 0 heterocycles. The van der Waals surface area contributed by atoms with Crippen LogP contribution in [0.15, 0.2) is 24.3 Å². The molecule has 0 radical (unpaired) electrons. The molecule has 5 heteroatoms. The van der Waals surface area contributed by atoms with Gasteiger partial charge in [0.1, 0.15) is 0 Å². The molecule has 1 amide bonds. The maximum atomic E-state index is 12.4. The second-order valence-corrected chi connectivity index (χ2v) is 10.0. The van der Waals surface area contributed by atoms with E-state index in [1.165, 1.54) is 38.5 Å². The van der Waals surface area contributed by atoms with Crippen molar-refractivity contribution in [3.8, 4) is 0 Å². The van der Waals surface area contributed by atoms with E-state index in [4.69, 9.17) is 11.6 Å². The maximum absolute atomic E-state index is 12.4. The van der Waals surface area contributed by atoms with Gasteiger partial charge in [-0.15, -0.1) is 0 Å². The summed E-state index contributed by atoms with van der Waals surface area (Å²) in [6.45, 7) is 0.679. The Morgan fingerprint density at radius 3 is 2.18 bits per heavy atom. The van der Waals surface area contributed by atoms with Gasteiger partial charge in [-0.1, -0.05) is 23.7 Å². The molecule has 4 saturated carbocycles. The van der Waals surface area contributed by atoms with Crippen molar-refractivity contribution in [2.45, 2.75) is 57.8 Å². The topological polar surface area (TPSA) is 66.4 Å². The highest BCUT2D eigenvalue weighted by atomic mass is 35.5. The van der Waals surface area contributed by atoms with Gasteiger partial charge in [0.25, 0.3) is 0 Å². The van der Waals surface area contributed by atoms with Crippen molar-refractivity contribution in [2.24, 2.45) is 29.1 Å². The van der Waals surface area contributed by atoms with Crippen LogP contribution >= 0.6 is 11.6 Å². The first-order chi connectivity index (χ1) is 13.4. The van der Waals surface area contributed by atoms with Crippen LogP contribution < -0.4 is 5.32 Å². The summed E-state index contributed by atoms with van der Waals surface area (Å²) in [5.41, 5.74) is 1.33. The van der Waals surface area contributed by atoms with Crippen LogP contribution in [0.1, 0.15) is 56.9 Å². The molecule has 152 valence electrons. The summed E-state index contributed by atoms with van der Waals surface area (Å²) in [5, 5.41) is 13.1. The molecule has 4 aliphatic carbocycles. The van der Waals surface area contributed by atoms with Gasteiger partial charge in [0, 0.05) is 18.0 Å². The molecule has 4 fully saturated rings. The van der Waals surface area contributed by atoms with E-state index in [1.807, 2.05) is 12.1 Å². The first kappa shape index (κ1) is 19.8. The van der Waals surface area contributed by atoms with Crippen LogP contribution in [0, 0.1) is 29.1 Å². The van der Waals surface area contributed by atoms with Crippen LogP contribution in [-0.2, 0) is 16.0 Å². The smallest absolute Gasteiger partial charge is 0.307 e. The van der Waals surface area contributed by atoms with Gasteiger partial charge in [-0.3, -0.25) is 9.59 Å². The Bertz CT molecular complexity index is 695. The van der Waals surface area contributed by atoms with Crippen molar-refractivity contribution in [1.82, 2.24) is 5.32 Å². The molecule has 1 aromatic carbocycles. The molecule has 1 unspecified atom stereocenters. The number of rotatable bonds is 8. The van der Waals surface area contributed by atoms with Crippen molar-refractivity contribution in [2.75, 3.05) is 6.54 Å². The zero-order valence-electron chi connectivity index (χ0n) is 16.3. The minimum Gasteiger partial charge on any atom is -0.481 e. The van der Waals surface area contributed by atoms with Crippen molar-refractivity contribution in [1.29, 1.82) is 0 Å². The van der Waals surface area contributed by atoms with Crippen LogP contribution in [-0.4, -0.2) is 23.5 Å². The van der Waals surface area contributed by atoms with Crippen molar-refractivity contribution in [3.63, 3.8) is 0 Å². The van der Waals surface area contributed by atoms with E-state index >= 15 is 0 Å². The first-order valence-electron chi connectivity index (χ1n) is 10.6. The average molecular weight is 404 g/mol. The lowest BCUT2D eigenvalue weighted by atomic mass is 9.49. The predicted molar refractivity (Wildman–Crippen MR) is 109 cm³/mol. The number of nitrogens with one attached hydrogen (secondary N) is 1. The fourth-order valence-electron chi connectivity index (χ4n) is 6.51. The zero-order chi connectivity index (χ0) is 19.7. The summed E-state index contributed by atoms with van der Waals surface area (Å²) in [5.74, 6) is 0.964. The lowest BCUT2D eigenvalue weighted by Gasteiger charge is -2.57. The Morgan fingerprint density at radius 2 is 1.64 bits per heavy atom. The summed E-state index contributed by atoms with van der Waals surface area (Å²) in [6, 6.07) is 7.15. The highest BCUT2D eigenvalue weighted by Gasteiger charge is 2.50. The van der Waals surface area contributed by atoms with Gasteiger partial charge in [-0.25, -0.2) is 0 Å². The van der Waals surface area contributed by atoms with E-state index in [2.05, 4.69) is 5.32 Å². The summed E-state index contributed by atoms with van der Waals surface area (Å²) < 4.78 is 0. The number of hydrogen-bond acceptors (Lipinski definition) is 2. The van der Waals surface area contributed by atoms with Crippen LogP contribution in [0.25, 0.3) is 0 Å². The van der Waals surface area contributed by atoms with E-state index in [0.717, 1.165) is 29.7 Å². The van der Waals surface area contributed by atoms with E-state index in [-0.39, 0.29) is 12.3 Å². The number of benzene rings is 1. The van der Waals surface area contributed by atoms with Gasteiger partial charge in [0.2, 0.25) is 5.91 Å². The molecule has 2 N–H and O–H groups in total. The summed E-state index contributed by atoms with van der Waals surface area (Å²) in [4.78, 5) is 24.0. The highest BCUT2D eigenvalue weighted by Crippen LogP contribution is 2.61. The number of aliphatic carboxylic acids is 1. The molecule has 1 aromatic rings. The summed E-state index contributed by atoms with van der Waals surface area (Å²) in [7, 11) is 0. The lowest BCUT2D eigenvalue weighted by Crippen LogP contribution is -2.47. The van der Waals surface area contributed by atoms with Crippen molar-refractivity contribution in [3.05, 3.63) is 34.9 Å². The molecule has 0 aromatic heterocycles. The molecule has 28 heavy (non-hydrogen) atoms. The standard InChI is InChI=1S/C23H30ClNO3/c24-20-3-1-15(2-4-20)10-19(22(27)28)11-21(26)25-6-5-23-12-16-7-17(13-23)9-18(8-16)14-23/h1-4,16-19H,5-14H2,(H,25,26)(H,27,28). The van der Waals surface area contributed by atoms with Crippen molar-refractivity contribution >= 4 is 23.5 Å². The Labute approximate surface area is 172 Å². The van der Waals surface area contributed by atoms with E-state index in [0.29, 0.717) is 23.4 Å². The lowest BCUT2D eigenvalue weighted by molar-refractivity contribution is -0.144. The largest absolute Gasteiger partial charge is 0.481 e. The predicted octanol–water partition coefficient (Wildman–Crippen LogP) is 4.70. The van der Waals surface area contributed by atoms with Gasteiger partial charge in [0.15, 0.2) is 0 Å². The third-order valence-electron chi connectivity index (χ3n) is 7.32. The SMILES string of the molecule is O=C(CC(Cc1ccc(Cl)cc1)C(=O)O)NCCC12CC3CC(CC(C3)C1)C2. The van der Waals surface area contributed by atoms with Crippen LogP contribution in [0.3, 0.4) is 0 Å². The second-order valence-electron chi connectivity index (χ2n) is 9.59. The number of carboxylic acid groups (broad SMARTS) is 1. The minimum absolute atomic E-state index is 0.0266. The molecule has 0 saturated heterocycles. The summed E-state index contributed by atoms with van der Waals surface area (Å²) >= 11 is 5.88. The fraction of sp³-hybridized carbons (Fsp3) is 0.652. The molecule has 0 aliphatic heterocycles. The molecular formula is C23H30ClNO3. The number of carbonyl (C=O) groups excluding carboxylic acids is 1. The van der Waals surface area contributed by atoms with Crippen LogP contribution in [0.2, 0.25) is 5.02 Å². The maximum Gasteiger partial charge on any atom is 0.307 e.